The van der Waals surface area contributed by atoms with Gasteiger partial charge in [0.1, 0.15) is 0 Å². The molecule has 0 atom stereocenters. The molecule has 0 N–H and O–H groups in total. The van der Waals surface area contributed by atoms with Gasteiger partial charge in [-0.1, -0.05) is 24.3 Å². The third-order valence-corrected chi connectivity index (χ3v) is 3.48. The van der Waals surface area contributed by atoms with Crippen LogP contribution in [0.2, 0.25) is 0 Å². The fourth-order valence-corrected chi connectivity index (χ4v) is 2.40. The summed E-state index contributed by atoms with van der Waals surface area (Å²) in [6, 6.07) is 17.4. The SMILES string of the molecule is O=C(C[n+]1cccc2ccccc21)c1cccc([N+](=O)[O-])c1. The van der Waals surface area contributed by atoms with Crippen LogP contribution in [0.15, 0.2) is 66.9 Å². The molecule has 0 radical (unpaired) electrons. The molecule has 0 fully saturated rings. The van der Waals surface area contributed by atoms with Crippen molar-refractivity contribution in [2.75, 3.05) is 0 Å². The van der Waals surface area contributed by atoms with Crippen molar-refractivity contribution in [2.24, 2.45) is 0 Å². The minimum absolute atomic E-state index is 0.0752. The van der Waals surface area contributed by atoms with Gasteiger partial charge >= 0.3 is 0 Å². The highest BCUT2D eigenvalue weighted by atomic mass is 16.6. The number of nitro benzene ring substituents is 1. The number of fused-ring (bicyclic) bond motifs is 1. The topological polar surface area (TPSA) is 64.1 Å². The molecule has 3 rings (SSSR count). The number of aromatic nitrogens is 1. The van der Waals surface area contributed by atoms with Gasteiger partial charge in [-0.15, -0.1) is 0 Å². The Balaban J connectivity index is 1.93. The highest BCUT2D eigenvalue weighted by Crippen LogP contribution is 2.14. The van der Waals surface area contributed by atoms with Crippen LogP contribution in [0.5, 0.6) is 0 Å². The molecular weight excluding hydrogens is 280 g/mol. The van der Waals surface area contributed by atoms with E-state index in [4.69, 9.17) is 0 Å². The van der Waals surface area contributed by atoms with Gasteiger partial charge in [-0.25, -0.2) is 0 Å². The van der Waals surface area contributed by atoms with Crippen LogP contribution in [0.4, 0.5) is 5.69 Å². The molecule has 5 nitrogen and oxygen atoms in total. The zero-order chi connectivity index (χ0) is 15.5. The first-order chi connectivity index (χ1) is 10.6. The molecule has 22 heavy (non-hydrogen) atoms. The summed E-state index contributed by atoms with van der Waals surface area (Å²) in [4.78, 5) is 22.7. The van der Waals surface area contributed by atoms with Gasteiger partial charge in [-0.05, 0) is 12.1 Å². The molecule has 1 heterocycles. The number of carbonyl (C=O) groups excluding carboxylic acids is 1. The molecule has 3 aromatic rings. The lowest BCUT2D eigenvalue weighted by Gasteiger charge is -2.01. The third-order valence-electron chi connectivity index (χ3n) is 3.48. The van der Waals surface area contributed by atoms with Crippen molar-refractivity contribution in [3.63, 3.8) is 0 Å². The summed E-state index contributed by atoms with van der Waals surface area (Å²) in [7, 11) is 0. The minimum Gasteiger partial charge on any atom is -0.287 e. The van der Waals surface area contributed by atoms with E-state index >= 15 is 0 Å². The predicted octanol–water partition coefficient (Wildman–Crippen LogP) is 2.92. The second kappa shape index (κ2) is 5.73. The molecule has 0 saturated carbocycles. The van der Waals surface area contributed by atoms with Gasteiger partial charge in [-0.3, -0.25) is 14.9 Å². The maximum Gasteiger partial charge on any atom is 0.270 e. The second-order valence-corrected chi connectivity index (χ2v) is 4.93. The standard InChI is InChI=1S/C17H13N2O3/c20-17(14-6-3-8-15(11-14)19(21)22)12-18-10-4-7-13-5-1-2-9-16(13)18/h1-11H,12H2/q+1. The van der Waals surface area contributed by atoms with E-state index < -0.39 is 4.92 Å². The van der Waals surface area contributed by atoms with Crippen LogP contribution in [0.25, 0.3) is 10.9 Å². The van der Waals surface area contributed by atoms with Crippen LogP contribution in [-0.4, -0.2) is 10.7 Å². The van der Waals surface area contributed by atoms with Gasteiger partial charge < -0.3 is 0 Å². The Morgan fingerprint density at radius 3 is 2.64 bits per heavy atom. The van der Waals surface area contributed by atoms with Crippen LogP contribution in [-0.2, 0) is 6.54 Å². The quantitative estimate of drug-likeness (QED) is 0.321. The summed E-state index contributed by atoms with van der Waals surface area (Å²) < 4.78 is 1.84. The largest absolute Gasteiger partial charge is 0.287 e. The Hall–Kier alpha value is -3.08. The molecule has 5 heteroatoms. The lowest BCUT2D eigenvalue weighted by molar-refractivity contribution is -0.657. The van der Waals surface area contributed by atoms with Gasteiger partial charge in [0, 0.05) is 35.2 Å². The van der Waals surface area contributed by atoms with E-state index in [1.807, 2.05) is 47.2 Å². The van der Waals surface area contributed by atoms with E-state index in [-0.39, 0.29) is 18.0 Å². The number of non-ortho nitro benzene ring substituents is 1. The molecule has 1 aromatic heterocycles. The van der Waals surface area contributed by atoms with Crippen molar-refractivity contribution >= 4 is 22.4 Å². The van der Waals surface area contributed by atoms with Crippen molar-refractivity contribution < 1.29 is 14.3 Å². The van der Waals surface area contributed by atoms with Crippen LogP contribution in [0.3, 0.4) is 0 Å². The molecule has 2 aromatic carbocycles. The number of hydrogen-bond donors (Lipinski definition) is 0. The molecule has 0 bridgehead atoms. The lowest BCUT2D eigenvalue weighted by Crippen LogP contribution is -2.38. The zero-order valence-electron chi connectivity index (χ0n) is 11.7. The first kappa shape index (κ1) is 13.9. The Labute approximate surface area is 126 Å². The molecule has 0 aliphatic carbocycles. The molecule has 0 spiro atoms. The monoisotopic (exact) mass is 293 g/mol. The summed E-state index contributed by atoms with van der Waals surface area (Å²) in [6.45, 7) is 0.141. The maximum absolute atomic E-state index is 12.4. The fraction of sp³-hybridized carbons (Fsp3) is 0.0588. The van der Waals surface area contributed by atoms with Crippen LogP contribution in [0.1, 0.15) is 10.4 Å². The molecule has 0 saturated heterocycles. The molecule has 0 amide bonds. The maximum atomic E-state index is 12.4. The second-order valence-electron chi connectivity index (χ2n) is 4.93. The van der Waals surface area contributed by atoms with E-state index in [1.54, 1.807) is 6.07 Å². The van der Waals surface area contributed by atoms with Crippen LogP contribution in [0, 0.1) is 10.1 Å². The zero-order valence-corrected chi connectivity index (χ0v) is 11.7. The van der Waals surface area contributed by atoms with Gasteiger partial charge in [-0.2, -0.15) is 4.57 Å². The summed E-state index contributed by atoms with van der Waals surface area (Å²) in [5.41, 5.74) is 1.21. The van der Waals surface area contributed by atoms with Crippen LogP contribution < -0.4 is 4.57 Å². The van der Waals surface area contributed by atoms with Gasteiger partial charge in [0.15, 0.2) is 6.20 Å². The van der Waals surface area contributed by atoms with E-state index in [0.717, 1.165) is 10.9 Å². The summed E-state index contributed by atoms with van der Waals surface area (Å²) in [5.74, 6) is -0.162. The Morgan fingerprint density at radius 2 is 1.82 bits per heavy atom. The smallest absolute Gasteiger partial charge is 0.270 e. The number of rotatable bonds is 4. The number of ketones is 1. The molecule has 0 unspecified atom stereocenters. The summed E-state index contributed by atoms with van der Waals surface area (Å²) >= 11 is 0. The number of para-hydroxylation sites is 1. The average molecular weight is 293 g/mol. The Kier molecular flexibility index (Phi) is 3.62. The predicted molar refractivity (Wildman–Crippen MR) is 81.6 cm³/mol. The van der Waals surface area contributed by atoms with Gasteiger partial charge in [0.05, 0.1) is 4.92 Å². The van der Waals surface area contributed by atoms with E-state index in [9.17, 15) is 14.9 Å². The molecular formula is C17H13N2O3+. The lowest BCUT2D eigenvalue weighted by atomic mass is 10.1. The average Bonchev–Trinajstić information content (AvgIpc) is 2.55. The fourth-order valence-electron chi connectivity index (χ4n) is 2.40. The van der Waals surface area contributed by atoms with Gasteiger partial charge in [0.25, 0.3) is 5.69 Å². The summed E-state index contributed by atoms with van der Waals surface area (Å²) in [6.07, 6.45) is 1.83. The number of carbonyl (C=O) groups is 1. The molecule has 0 aliphatic heterocycles. The minimum atomic E-state index is -0.498. The van der Waals surface area contributed by atoms with E-state index in [1.165, 1.54) is 18.2 Å². The highest BCUT2D eigenvalue weighted by molar-refractivity contribution is 5.95. The number of nitro groups is 1. The number of pyridine rings is 1. The van der Waals surface area contributed by atoms with Crippen molar-refractivity contribution in [1.29, 1.82) is 0 Å². The first-order valence-corrected chi connectivity index (χ1v) is 6.80. The highest BCUT2D eigenvalue weighted by Gasteiger charge is 2.17. The normalized spacial score (nSPS) is 10.5. The summed E-state index contributed by atoms with van der Waals surface area (Å²) in [5, 5.41) is 11.8. The third kappa shape index (κ3) is 2.69. The van der Waals surface area contributed by atoms with Gasteiger partial charge in [0.2, 0.25) is 17.8 Å². The number of benzene rings is 2. The van der Waals surface area contributed by atoms with Crippen molar-refractivity contribution in [2.45, 2.75) is 6.54 Å². The number of Topliss-reactive ketones (excluding diaryl/α,β-unsaturated/α-hetero) is 1. The molecule has 0 aliphatic rings. The first-order valence-electron chi connectivity index (χ1n) is 6.80. The van der Waals surface area contributed by atoms with E-state index in [2.05, 4.69) is 0 Å². The number of hydrogen-bond acceptors (Lipinski definition) is 3. The van der Waals surface area contributed by atoms with Crippen molar-refractivity contribution in [1.82, 2.24) is 0 Å². The van der Waals surface area contributed by atoms with Crippen LogP contribution >= 0.6 is 0 Å². The van der Waals surface area contributed by atoms with E-state index in [0.29, 0.717) is 5.56 Å². The van der Waals surface area contributed by atoms with Crippen molar-refractivity contribution in [3.8, 4) is 0 Å². The van der Waals surface area contributed by atoms with Crippen molar-refractivity contribution in [3.05, 3.63) is 82.5 Å². The molecule has 108 valence electrons. The Morgan fingerprint density at radius 1 is 1.05 bits per heavy atom. The number of nitrogens with zero attached hydrogens (tertiary/aromatic N) is 2. The Bertz CT molecular complexity index is 869.